The Kier molecular flexibility index (Phi) is 4.40. The third kappa shape index (κ3) is 3.49. The van der Waals surface area contributed by atoms with Crippen LogP contribution in [0.2, 0.25) is 0 Å². The average molecular weight is 342 g/mol. The van der Waals surface area contributed by atoms with Crippen LogP contribution in [0.1, 0.15) is 11.3 Å². The molecule has 0 atom stereocenters. The molecule has 0 aliphatic carbocycles. The van der Waals surface area contributed by atoms with E-state index in [-0.39, 0.29) is 5.75 Å². The van der Waals surface area contributed by atoms with Crippen molar-refractivity contribution in [3.05, 3.63) is 72.0 Å². The SMILES string of the molecule is Cc1ccc(-c2cc(CS(=O)(=O)N(C)c3ccccc3)on2)cc1. The molecule has 6 heteroatoms. The van der Waals surface area contributed by atoms with Crippen molar-refractivity contribution < 1.29 is 12.9 Å². The molecular weight excluding hydrogens is 324 g/mol. The zero-order valence-electron chi connectivity index (χ0n) is 13.5. The van der Waals surface area contributed by atoms with Crippen LogP contribution < -0.4 is 4.31 Å². The highest BCUT2D eigenvalue weighted by Gasteiger charge is 2.22. The molecule has 0 amide bonds. The van der Waals surface area contributed by atoms with Crippen molar-refractivity contribution in [3.8, 4) is 11.3 Å². The van der Waals surface area contributed by atoms with Gasteiger partial charge in [-0.3, -0.25) is 4.31 Å². The van der Waals surface area contributed by atoms with Crippen LogP contribution in [0.5, 0.6) is 0 Å². The third-order valence-corrected chi connectivity index (χ3v) is 5.46. The van der Waals surface area contributed by atoms with Crippen molar-refractivity contribution in [3.63, 3.8) is 0 Å². The zero-order valence-corrected chi connectivity index (χ0v) is 14.3. The fraction of sp³-hybridized carbons (Fsp3) is 0.167. The Bertz CT molecular complexity index is 916. The maximum absolute atomic E-state index is 12.5. The number of aryl methyl sites for hydroxylation is 1. The Balaban J connectivity index is 1.80. The van der Waals surface area contributed by atoms with E-state index in [9.17, 15) is 8.42 Å². The maximum Gasteiger partial charge on any atom is 0.242 e. The molecule has 124 valence electrons. The van der Waals surface area contributed by atoms with Gasteiger partial charge in [-0.25, -0.2) is 8.42 Å². The molecule has 0 spiro atoms. The van der Waals surface area contributed by atoms with Gasteiger partial charge in [0, 0.05) is 18.7 Å². The van der Waals surface area contributed by atoms with Gasteiger partial charge in [0.25, 0.3) is 0 Å². The van der Waals surface area contributed by atoms with Gasteiger partial charge in [0.2, 0.25) is 10.0 Å². The first-order chi connectivity index (χ1) is 11.5. The van der Waals surface area contributed by atoms with Crippen molar-refractivity contribution in [1.82, 2.24) is 5.16 Å². The van der Waals surface area contributed by atoms with Gasteiger partial charge in [0.15, 0.2) is 5.76 Å². The summed E-state index contributed by atoms with van der Waals surface area (Å²) in [7, 11) is -2.01. The van der Waals surface area contributed by atoms with Gasteiger partial charge in [-0.1, -0.05) is 53.2 Å². The third-order valence-electron chi connectivity index (χ3n) is 3.77. The molecule has 0 N–H and O–H groups in total. The maximum atomic E-state index is 12.5. The summed E-state index contributed by atoms with van der Waals surface area (Å²) in [5, 5.41) is 3.97. The molecule has 0 radical (unpaired) electrons. The van der Waals surface area contributed by atoms with Gasteiger partial charge in [-0.2, -0.15) is 0 Å². The number of para-hydroxylation sites is 1. The van der Waals surface area contributed by atoms with Crippen LogP contribution in [0.4, 0.5) is 5.69 Å². The summed E-state index contributed by atoms with van der Waals surface area (Å²) in [6, 6.07) is 18.4. The molecule has 2 aromatic carbocycles. The summed E-state index contributed by atoms with van der Waals surface area (Å²) in [6.07, 6.45) is 0. The number of nitrogens with zero attached hydrogens (tertiary/aromatic N) is 2. The molecule has 5 nitrogen and oxygen atoms in total. The van der Waals surface area contributed by atoms with E-state index in [4.69, 9.17) is 4.52 Å². The minimum Gasteiger partial charge on any atom is -0.360 e. The number of benzene rings is 2. The second-order valence-electron chi connectivity index (χ2n) is 5.60. The van der Waals surface area contributed by atoms with E-state index in [0.29, 0.717) is 17.1 Å². The minimum absolute atomic E-state index is 0.239. The number of aromatic nitrogens is 1. The first-order valence-corrected chi connectivity index (χ1v) is 9.11. The number of hydrogen-bond acceptors (Lipinski definition) is 4. The van der Waals surface area contributed by atoms with Crippen molar-refractivity contribution in [1.29, 1.82) is 0 Å². The summed E-state index contributed by atoms with van der Waals surface area (Å²) >= 11 is 0. The summed E-state index contributed by atoms with van der Waals surface area (Å²) in [4.78, 5) is 0. The van der Waals surface area contributed by atoms with Crippen molar-refractivity contribution in [2.45, 2.75) is 12.7 Å². The highest BCUT2D eigenvalue weighted by molar-refractivity contribution is 7.92. The fourth-order valence-electron chi connectivity index (χ4n) is 2.32. The smallest absolute Gasteiger partial charge is 0.242 e. The Hall–Kier alpha value is -2.60. The van der Waals surface area contributed by atoms with Gasteiger partial charge in [0.1, 0.15) is 11.4 Å². The zero-order chi connectivity index (χ0) is 17.2. The second kappa shape index (κ2) is 6.49. The molecule has 0 fully saturated rings. The lowest BCUT2D eigenvalue weighted by atomic mass is 10.1. The lowest BCUT2D eigenvalue weighted by Gasteiger charge is -2.18. The molecule has 3 rings (SSSR count). The largest absolute Gasteiger partial charge is 0.360 e. The van der Waals surface area contributed by atoms with E-state index in [1.165, 1.54) is 11.4 Å². The Morgan fingerprint density at radius 3 is 2.38 bits per heavy atom. The molecule has 0 bridgehead atoms. The molecule has 0 saturated heterocycles. The predicted octanol–water partition coefficient (Wildman–Crippen LogP) is 3.62. The molecule has 24 heavy (non-hydrogen) atoms. The molecular formula is C18H18N2O3S. The van der Waals surface area contributed by atoms with Crippen molar-refractivity contribution in [2.24, 2.45) is 0 Å². The standard InChI is InChI=1S/C18H18N2O3S/c1-14-8-10-15(11-9-14)18-12-17(23-19-18)13-24(21,22)20(2)16-6-4-3-5-7-16/h3-12H,13H2,1-2H3. The van der Waals surface area contributed by atoms with Crippen LogP contribution in [0.25, 0.3) is 11.3 Å². The molecule has 1 aromatic heterocycles. The number of hydrogen-bond donors (Lipinski definition) is 0. The molecule has 0 unspecified atom stereocenters. The Morgan fingerprint density at radius 2 is 1.71 bits per heavy atom. The van der Waals surface area contributed by atoms with E-state index < -0.39 is 10.0 Å². The van der Waals surface area contributed by atoms with Crippen LogP contribution in [0.3, 0.4) is 0 Å². The molecule has 0 aliphatic heterocycles. The number of anilines is 1. The van der Waals surface area contributed by atoms with E-state index >= 15 is 0 Å². The molecule has 0 saturated carbocycles. The van der Waals surface area contributed by atoms with Crippen LogP contribution in [-0.2, 0) is 15.8 Å². The minimum atomic E-state index is -3.54. The van der Waals surface area contributed by atoms with Gasteiger partial charge >= 0.3 is 0 Å². The summed E-state index contributed by atoms with van der Waals surface area (Å²) < 4.78 is 31.5. The van der Waals surface area contributed by atoms with Crippen molar-refractivity contribution >= 4 is 15.7 Å². The summed E-state index contributed by atoms with van der Waals surface area (Å²) in [5.41, 5.74) is 3.28. The Labute approximate surface area is 141 Å². The lowest BCUT2D eigenvalue weighted by Crippen LogP contribution is -2.27. The average Bonchev–Trinajstić information content (AvgIpc) is 3.03. The molecule has 1 heterocycles. The predicted molar refractivity (Wildman–Crippen MR) is 94.1 cm³/mol. The number of rotatable bonds is 5. The van der Waals surface area contributed by atoms with Crippen molar-refractivity contribution in [2.75, 3.05) is 11.4 Å². The van der Waals surface area contributed by atoms with Gasteiger partial charge < -0.3 is 4.52 Å². The van der Waals surface area contributed by atoms with Crippen LogP contribution in [0.15, 0.2) is 65.2 Å². The lowest BCUT2D eigenvalue weighted by molar-refractivity contribution is 0.395. The monoisotopic (exact) mass is 342 g/mol. The molecule has 0 aliphatic rings. The van der Waals surface area contributed by atoms with Gasteiger partial charge in [-0.15, -0.1) is 0 Å². The van der Waals surface area contributed by atoms with Crippen LogP contribution in [0, 0.1) is 6.92 Å². The normalized spacial score (nSPS) is 11.4. The van der Waals surface area contributed by atoms with Gasteiger partial charge in [-0.05, 0) is 19.1 Å². The molecule has 3 aromatic rings. The summed E-state index contributed by atoms with van der Waals surface area (Å²) in [6.45, 7) is 2.00. The second-order valence-corrected chi connectivity index (χ2v) is 7.60. The van der Waals surface area contributed by atoms with Gasteiger partial charge in [0.05, 0.1) is 5.69 Å². The highest BCUT2D eigenvalue weighted by Crippen LogP contribution is 2.23. The first kappa shape index (κ1) is 16.3. The van der Waals surface area contributed by atoms with E-state index in [2.05, 4.69) is 5.16 Å². The summed E-state index contributed by atoms with van der Waals surface area (Å²) in [5.74, 6) is 0.0745. The Morgan fingerprint density at radius 1 is 1.04 bits per heavy atom. The van der Waals surface area contributed by atoms with E-state index in [0.717, 1.165) is 11.1 Å². The van der Waals surface area contributed by atoms with E-state index in [1.807, 2.05) is 37.3 Å². The first-order valence-electron chi connectivity index (χ1n) is 7.50. The fourth-order valence-corrected chi connectivity index (χ4v) is 3.45. The van der Waals surface area contributed by atoms with Crippen LogP contribution >= 0.6 is 0 Å². The topological polar surface area (TPSA) is 63.4 Å². The van der Waals surface area contributed by atoms with Crippen LogP contribution in [-0.4, -0.2) is 20.6 Å². The number of sulfonamides is 1. The highest BCUT2D eigenvalue weighted by atomic mass is 32.2. The van der Waals surface area contributed by atoms with E-state index in [1.54, 1.807) is 30.3 Å². The quantitative estimate of drug-likeness (QED) is 0.710.